The highest BCUT2D eigenvalue weighted by Crippen LogP contribution is 2.40. The van der Waals surface area contributed by atoms with Crippen LogP contribution in [-0.4, -0.2) is 38.7 Å². The number of pyridine rings is 2. The lowest BCUT2D eigenvalue weighted by molar-refractivity contribution is -0.237. The van der Waals surface area contributed by atoms with Gasteiger partial charge in [-0.15, -0.1) is 10.2 Å². The maximum atomic E-state index is 14.3. The average molecular weight is 400 g/mol. The van der Waals surface area contributed by atoms with Gasteiger partial charge in [0.25, 0.3) is 11.8 Å². The number of hydrogen-bond acceptors (Lipinski definition) is 5. The van der Waals surface area contributed by atoms with Crippen molar-refractivity contribution in [3.8, 4) is 17.0 Å². The van der Waals surface area contributed by atoms with Crippen LogP contribution in [-0.2, 0) is 10.8 Å². The smallest absolute Gasteiger partial charge is 0.417 e. The van der Waals surface area contributed by atoms with Gasteiger partial charge in [-0.2, -0.15) is 8.78 Å². The zero-order valence-corrected chi connectivity index (χ0v) is 14.4. The molecule has 6 nitrogen and oxygen atoms in total. The fourth-order valence-corrected chi connectivity index (χ4v) is 2.87. The van der Waals surface area contributed by atoms with Crippen LogP contribution in [0.25, 0.3) is 16.8 Å². The monoisotopic (exact) mass is 400 g/mol. The minimum Gasteiger partial charge on any atom is -0.472 e. The number of hydrogen-bond donors (Lipinski definition) is 0. The van der Waals surface area contributed by atoms with E-state index in [4.69, 9.17) is 4.74 Å². The van der Waals surface area contributed by atoms with E-state index in [1.807, 2.05) is 0 Å². The van der Waals surface area contributed by atoms with E-state index in [1.165, 1.54) is 24.5 Å². The average Bonchev–Trinajstić information content (AvgIpc) is 3.05. The van der Waals surface area contributed by atoms with Gasteiger partial charge in [-0.1, -0.05) is 0 Å². The van der Waals surface area contributed by atoms with E-state index in [9.17, 15) is 22.0 Å². The van der Waals surface area contributed by atoms with E-state index in [2.05, 4.69) is 19.9 Å². The molecule has 3 heterocycles. The summed E-state index contributed by atoms with van der Waals surface area (Å²) in [6.07, 6.45) is -2.89. The van der Waals surface area contributed by atoms with Gasteiger partial charge in [0, 0.05) is 43.5 Å². The lowest BCUT2D eigenvalue weighted by Crippen LogP contribution is -2.43. The summed E-state index contributed by atoms with van der Waals surface area (Å²) in [6, 6.07) is 4.04. The molecule has 0 saturated heterocycles. The Bertz CT molecular complexity index is 1030. The second kappa shape index (κ2) is 6.36. The fourth-order valence-electron chi connectivity index (χ4n) is 2.87. The minimum absolute atomic E-state index is 0.148. The van der Waals surface area contributed by atoms with Crippen molar-refractivity contribution in [2.75, 3.05) is 7.11 Å². The molecule has 0 atom stereocenters. The van der Waals surface area contributed by atoms with Crippen LogP contribution in [0.5, 0.6) is 5.88 Å². The van der Waals surface area contributed by atoms with Crippen molar-refractivity contribution in [2.24, 2.45) is 0 Å². The van der Waals surface area contributed by atoms with Gasteiger partial charge in [0.15, 0.2) is 11.5 Å². The summed E-state index contributed by atoms with van der Waals surface area (Å²) in [5.41, 5.74) is 0.773. The Morgan fingerprint density at radius 3 is 2.57 bits per heavy atom. The molecule has 0 aliphatic heterocycles. The van der Waals surface area contributed by atoms with Crippen molar-refractivity contribution in [1.29, 1.82) is 0 Å². The highest BCUT2D eigenvalue weighted by atomic mass is 19.3. The first-order valence-electron chi connectivity index (χ1n) is 8.17. The van der Waals surface area contributed by atoms with E-state index in [-0.39, 0.29) is 17.1 Å². The molecule has 3 aromatic rings. The Balaban J connectivity index is 1.63. The summed E-state index contributed by atoms with van der Waals surface area (Å²) in [5, 5.41) is 7.07. The third-order valence-corrected chi connectivity index (χ3v) is 4.39. The van der Waals surface area contributed by atoms with Gasteiger partial charge in [-0.3, -0.25) is 4.40 Å². The zero-order valence-electron chi connectivity index (χ0n) is 14.4. The molecule has 0 aromatic carbocycles. The summed E-state index contributed by atoms with van der Waals surface area (Å²) in [6.45, 7) is 0. The van der Waals surface area contributed by atoms with Crippen molar-refractivity contribution in [1.82, 2.24) is 19.6 Å². The molecule has 1 aliphatic carbocycles. The predicted molar refractivity (Wildman–Crippen MR) is 85.7 cm³/mol. The van der Waals surface area contributed by atoms with Crippen LogP contribution >= 0.6 is 0 Å². The van der Waals surface area contributed by atoms with Crippen molar-refractivity contribution >= 4 is 5.65 Å². The van der Waals surface area contributed by atoms with Crippen LogP contribution in [0.4, 0.5) is 22.0 Å². The Kier molecular flexibility index (Phi) is 4.21. The largest absolute Gasteiger partial charge is 0.472 e. The molecule has 0 spiro atoms. The summed E-state index contributed by atoms with van der Waals surface area (Å²) in [7, 11) is 0.834. The van der Waals surface area contributed by atoms with Gasteiger partial charge in [0.05, 0.1) is 0 Å². The second-order valence-corrected chi connectivity index (χ2v) is 6.41. The zero-order chi connectivity index (χ0) is 20.1. The number of alkyl halides is 4. The van der Waals surface area contributed by atoms with Gasteiger partial charge in [-0.05, 0) is 18.2 Å². The van der Waals surface area contributed by atoms with Crippen LogP contribution in [0.2, 0.25) is 0 Å². The highest BCUT2D eigenvalue weighted by molar-refractivity contribution is 5.64. The highest BCUT2D eigenvalue weighted by Gasteiger charge is 2.47. The number of ether oxygens (including phenoxy) is 2. The molecular formula is C17H13F5N4O2. The molecule has 0 radical (unpaired) electrons. The Morgan fingerprint density at radius 2 is 1.93 bits per heavy atom. The van der Waals surface area contributed by atoms with Crippen molar-refractivity contribution in [3.63, 3.8) is 0 Å². The second-order valence-electron chi connectivity index (χ2n) is 6.41. The molecule has 1 aliphatic rings. The maximum Gasteiger partial charge on any atom is 0.417 e. The van der Waals surface area contributed by atoms with E-state index < -0.39 is 42.6 Å². The first-order valence-corrected chi connectivity index (χ1v) is 8.17. The van der Waals surface area contributed by atoms with Gasteiger partial charge < -0.3 is 9.47 Å². The van der Waals surface area contributed by atoms with Crippen molar-refractivity contribution < 1.29 is 31.4 Å². The Morgan fingerprint density at radius 1 is 1.18 bits per heavy atom. The maximum absolute atomic E-state index is 14.3. The van der Waals surface area contributed by atoms with E-state index >= 15 is 0 Å². The molecule has 1 saturated carbocycles. The molecule has 0 amide bonds. The van der Waals surface area contributed by atoms with Crippen LogP contribution in [0, 0.1) is 5.82 Å². The van der Waals surface area contributed by atoms with Gasteiger partial charge in [0.2, 0.25) is 5.82 Å². The molecule has 28 heavy (non-hydrogen) atoms. The third-order valence-electron chi connectivity index (χ3n) is 4.39. The summed E-state index contributed by atoms with van der Waals surface area (Å²) < 4.78 is 77.9. The number of methoxy groups -OCH3 is 1. The Hall–Kier alpha value is -2.82. The molecule has 3 aromatic heterocycles. The van der Waals surface area contributed by atoms with E-state index in [0.29, 0.717) is 5.56 Å². The van der Waals surface area contributed by atoms with Crippen molar-refractivity contribution in [3.05, 3.63) is 42.2 Å². The third kappa shape index (κ3) is 3.26. The predicted octanol–water partition coefficient (Wildman–Crippen LogP) is 3.80. The van der Waals surface area contributed by atoms with Crippen LogP contribution in [0.1, 0.15) is 18.7 Å². The van der Waals surface area contributed by atoms with Gasteiger partial charge in [0.1, 0.15) is 6.10 Å². The van der Waals surface area contributed by atoms with Gasteiger partial charge in [-0.25, -0.2) is 18.2 Å². The number of rotatable bonds is 5. The molecule has 0 bridgehead atoms. The lowest BCUT2D eigenvalue weighted by Gasteiger charge is -2.34. The van der Waals surface area contributed by atoms with E-state index in [0.717, 1.165) is 17.6 Å². The fraction of sp³-hybridized carbons (Fsp3) is 0.353. The summed E-state index contributed by atoms with van der Waals surface area (Å²) in [5.74, 6) is -4.76. The molecule has 4 rings (SSSR count). The number of aromatic nitrogens is 4. The SMILES string of the molecule is COC(F)(F)c1nnc2ccc(-c3cnc(OC4CC(F)(F)C4)c(F)c3)cn12. The van der Waals surface area contributed by atoms with E-state index in [1.54, 1.807) is 0 Å². The lowest BCUT2D eigenvalue weighted by atomic mass is 9.91. The number of nitrogens with zero attached hydrogens (tertiary/aromatic N) is 4. The first kappa shape index (κ1) is 18.5. The van der Waals surface area contributed by atoms with Crippen molar-refractivity contribution in [2.45, 2.75) is 31.0 Å². The summed E-state index contributed by atoms with van der Waals surface area (Å²) >= 11 is 0. The summed E-state index contributed by atoms with van der Waals surface area (Å²) in [4.78, 5) is 3.82. The molecule has 0 N–H and O–H groups in total. The van der Waals surface area contributed by atoms with Crippen LogP contribution in [0.15, 0.2) is 30.6 Å². The molecule has 11 heteroatoms. The molecule has 0 unspecified atom stereocenters. The molecular weight excluding hydrogens is 387 g/mol. The quantitative estimate of drug-likeness (QED) is 0.610. The minimum atomic E-state index is -3.66. The topological polar surface area (TPSA) is 61.5 Å². The van der Waals surface area contributed by atoms with Gasteiger partial charge >= 0.3 is 6.11 Å². The number of halogens is 5. The van der Waals surface area contributed by atoms with Crippen LogP contribution < -0.4 is 4.74 Å². The number of fused-ring (bicyclic) bond motifs is 1. The molecule has 1 fully saturated rings. The molecule has 148 valence electrons. The Labute approximate surface area is 154 Å². The van der Waals surface area contributed by atoms with Crippen LogP contribution in [0.3, 0.4) is 0 Å². The standard InChI is InChI=1S/C17H13F5N4O2/c1-27-17(21,22)15-25-24-13-3-2-9(8-26(13)15)10-4-12(18)14(23-7-10)28-11-5-16(19,20)6-11/h2-4,7-8,11H,5-6H2,1H3. The normalized spacial score (nSPS) is 16.9. The first-order chi connectivity index (χ1) is 13.2.